The summed E-state index contributed by atoms with van der Waals surface area (Å²) in [4.78, 5) is 5.59. The fraction of sp³-hybridized carbons (Fsp3) is 0.154. The minimum atomic E-state index is 0.719. The Labute approximate surface area is 124 Å². The zero-order chi connectivity index (χ0) is 13.8. The second-order valence-electron chi connectivity index (χ2n) is 4.07. The standard InChI is InChI=1S/C13H12N4OS2/c1-9-10(7-18-17-9)8-20-13-14-12(15-16-13)5-4-11-3-2-6-19-11/h2-7H,8H2,1H3,(H,14,15,16)/b5-4+. The number of aromatic nitrogens is 4. The molecule has 0 aliphatic carbocycles. The summed E-state index contributed by atoms with van der Waals surface area (Å²) in [5.74, 6) is 1.50. The maximum Gasteiger partial charge on any atom is 0.209 e. The lowest BCUT2D eigenvalue weighted by Gasteiger charge is -1.92. The van der Waals surface area contributed by atoms with Gasteiger partial charge in [0.1, 0.15) is 12.1 Å². The highest BCUT2D eigenvalue weighted by atomic mass is 32.2. The predicted molar refractivity (Wildman–Crippen MR) is 80.4 cm³/mol. The van der Waals surface area contributed by atoms with E-state index >= 15 is 0 Å². The molecule has 0 aliphatic heterocycles. The molecule has 0 aromatic carbocycles. The van der Waals surface area contributed by atoms with Gasteiger partial charge in [-0.25, -0.2) is 4.98 Å². The van der Waals surface area contributed by atoms with Gasteiger partial charge in [-0.1, -0.05) is 23.0 Å². The first-order chi connectivity index (χ1) is 9.81. The average molecular weight is 304 g/mol. The van der Waals surface area contributed by atoms with Crippen LogP contribution < -0.4 is 0 Å². The second-order valence-corrected chi connectivity index (χ2v) is 5.99. The van der Waals surface area contributed by atoms with Crippen LogP contribution in [0.2, 0.25) is 0 Å². The molecule has 0 unspecified atom stereocenters. The maximum absolute atomic E-state index is 4.90. The Kier molecular flexibility index (Phi) is 3.98. The number of aromatic amines is 1. The number of thioether (sulfide) groups is 1. The smallest absolute Gasteiger partial charge is 0.209 e. The van der Waals surface area contributed by atoms with Crippen LogP contribution >= 0.6 is 23.1 Å². The zero-order valence-electron chi connectivity index (χ0n) is 10.7. The molecule has 3 aromatic heterocycles. The third kappa shape index (κ3) is 3.17. The summed E-state index contributed by atoms with van der Waals surface area (Å²) >= 11 is 3.24. The predicted octanol–water partition coefficient (Wildman–Crippen LogP) is 3.63. The van der Waals surface area contributed by atoms with Crippen LogP contribution in [0.1, 0.15) is 22.0 Å². The first-order valence-corrected chi connectivity index (χ1v) is 7.84. The van der Waals surface area contributed by atoms with E-state index in [1.165, 1.54) is 4.88 Å². The number of rotatable bonds is 5. The molecule has 0 amide bonds. The molecule has 0 saturated heterocycles. The van der Waals surface area contributed by atoms with Gasteiger partial charge in [-0.2, -0.15) is 0 Å². The molecular formula is C13H12N4OS2. The largest absolute Gasteiger partial charge is 0.364 e. The molecule has 0 spiro atoms. The van der Waals surface area contributed by atoms with Crippen LogP contribution in [0.4, 0.5) is 0 Å². The topological polar surface area (TPSA) is 67.6 Å². The number of aryl methyl sites for hydroxylation is 1. The molecule has 0 bridgehead atoms. The normalized spacial score (nSPS) is 11.4. The molecule has 3 heterocycles. The molecule has 3 aromatic rings. The summed E-state index contributed by atoms with van der Waals surface area (Å²) in [5.41, 5.74) is 1.97. The molecule has 0 atom stereocenters. The molecule has 5 nitrogen and oxygen atoms in total. The molecule has 0 fully saturated rings. The summed E-state index contributed by atoms with van der Waals surface area (Å²) < 4.78 is 4.90. The van der Waals surface area contributed by atoms with Gasteiger partial charge >= 0.3 is 0 Å². The van der Waals surface area contributed by atoms with E-state index in [0.29, 0.717) is 0 Å². The lowest BCUT2D eigenvalue weighted by molar-refractivity contribution is 0.414. The number of nitrogens with one attached hydrogen (secondary N) is 1. The Morgan fingerprint density at radius 1 is 1.45 bits per heavy atom. The molecular weight excluding hydrogens is 292 g/mol. The molecule has 0 saturated carbocycles. The molecule has 0 aliphatic rings. The number of hydrogen-bond donors (Lipinski definition) is 1. The Balaban J connectivity index is 1.61. The van der Waals surface area contributed by atoms with Crippen LogP contribution in [-0.2, 0) is 5.75 Å². The molecule has 3 rings (SSSR count). The molecule has 20 heavy (non-hydrogen) atoms. The van der Waals surface area contributed by atoms with E-state index in [0.717, 1.165) is 28.0 Å². The molecule has 102 valence electrons. The summed E-state index contributed by atoms with van der Waals surface area (Å²) in [5, 5.41) is 13.7. The van der Waals surface area contributed by atoms with Crippen molar-refractivity contribution in [1.82, 2.24) is 20.3 Å². The zero-order valence-corrected chi connectivity index (χ0v) is 12.4. The van der Waals surface area contributed by atoms with Gasteiger partial charge in [0.15, 0.2) is 0 Å². The van der Waals surface area contributed by atoms with E-state index in [4.69, 9.17) is 4.52 Å². The van der Waals surface area contributed by atoms with E-state index in [-0.39, 0.29) is 0 Å². The lowest BCUT2D eigenvalue weighted by Crippen LogP contribution is -1.83. The second kappa shape index (κ2) is 6.06. The molecule has 7 heteroatoms. The van der Waals surface area contributed by atoms with Crippen molar-refractivity contribution in [2.45, 2.75) is 17.8 Å². The van der Waals surface area contributed by atoms with Gasteiger partial charge in [0.2, 0.25) is 5.16 Å². The van der Waals surface area contributed by atoms with Gasteiger partial charge in [0.25, 0.3) is 0 Å². The third-order valence-electron chi connectivity index (χ3n) is 2.64. The fourth-order valence-electron chi connectivity index (χ4n) is 1.54. The van der Waals surface area contributed by atoms with Crippen molar-refractivity contribution in [3.63, 3.8) is 0 Å². The quantitative estimate of drug-likeness (QED) is 0.729. The van der Waals surface area contributed by atoms with E-state index in [2.05, 4.69) is 26.4 Å². The Morgan fingerprint density at radius 2 is 2.40 bits per heavy atom. The summed E-state index contributed by atoms with van der Waals surface area (Å²) in [6.07, 6.45) is 5.60. The minimum absolute atomic E-state index is 0.719. The maximum atomic E-state index is 4.90. The van der Waals surface area contributed by atoms with Gasteiger partial charge < -0.3 is 4.52 Å². The van der Waals surface area contributed by atoms with Crippen molar-refractivity contribution in [3.05, 3.63) is 45.7 Å². The van der Waals surface area contributed by atoms with Gasteiger partial charge in [0.05, 0.1) is 5.69 Å². The van der Waals surface area contributed by atoms with Crippen molar-refractivity contribution in [2.75, 3.05) is 0 Å². The summed E-state index contributed by atoms with van der Waals surface area (Å²) in [6, 6.07) is 4.08. The van der Waals surface area contributed by atoms with Crippen molar-refractivity contribution >= 4 is 35.3 Å². The number of nitrogens with zero attached hydrogens (tertiary/aromatic N) is 3. The Hall–Kier alpha value is -1.86. The summed E-state index contributed by atoms with van der Waals surface area (Å²) in [7, 11) is 0. The van der Waals surface area contributed by atoms with Crippen molar-refractivity contribution in [1.29, 1.82) is 0 Å². The van der Waals surface area contributed by atoms with Crippen molar-refractivity contribution in [2.24, 2.45) is 0 Å². The van der Waals surface area contributed by atoms with Crippen LogP contribution in [0.15, 0.2) is 33.5 Å². The number of thiophene rings is 1. The Bertz CT molecular complexity index is 700. The average Bonchev–Trinajstić information content (AvgIpc) is 3.16. The van der Waals surface area contributed by atoms with Gasteiger partial charge in [-0.15, -0.1) is 16.4 Å². The van der Waals surface area contributed by atoms with E-state index < -0.39 is 0 Å². The van der Waals surface area contributed by atoms with E-state index in [9.17, 15) is 0 Å². The van der Waals surface area contributed by atoms with Gasteiger partial charge in [-0.05, 0) is 30.5 Å². The summed E-state index contributed by atoms with van der Waals surface area (Å²) in [6.45, 7) is 1.92. The van der Waals surface area contributed by atoms with Crippen molar-refractivity contribution in [3.8, 4) is 0 Å². The highest BCUT2D eigenvalue weighted by molar-refractivity contribution is 7.98. The fourth-order valence-corrected chi connectivity index (χ4v) is 2.99. The molecule has 0 radical (unpaired) electrons. The van der Waals surface area contributed by atoms with Crippen LogP contribution in [0.25, 0.3) is 12.2 Å². The number of hydrogen-bond acceptors (Lipinski definition) is 6. The van der Waals surface area contributed by atoms with Crippen LogP contribution in [-0.4, -0.2) is 20.3 Å². The van der Waals surface area contributed by atoms with E-state index in [1.54, 1.807) is 29.4 Å². The monoisotopic (exact) mass is 304 g/mol. The first kappa shape index (κ1) is 13.1. The van der Waals surface area contributed by atoms with Crippen molar-refractivity contribution < 1.29 is 4.52 Å². The number of H-pyrrole nitrogens is 1. The van der Waals surface area contributed by atoms with Crippen LogP contribution in [0, 0.1) is 6.92 Å². The van der Waals surface area contributed by atoms with E-state index in [1.807, 2.05) is 30.5 Å². The minimum Gasteiger partial charge on any atom is -0.364 e. The molecule has 1 N–H and O–H groups in total. The highest BCUT2D eigenvalue weighted by Crippen LogP contribution is 2.21. The Morgan fingerprint density at radius 3 is 3.15 bits per heavy atom. The lowest BCUT2D eigenvalue weighted by atomic mass is 10.3. The van der Waals surface area contributed by atoms with Crippen LogP contribution in [0.5, 0.6) is 0 Å². The third-order valence-corrected chi connectivity index (χ3v) is 4.37. The van der Waals surface area contributed by atoms with Gasteiger partial charge in [0, 0.05) is 16.2 Å². The van der Waals surface area contributed by atoms with Gasteiger partial charge in [-0.3, -0.25) is 5.10 Å². The van der Waals surface area contributed by atoms with Crippen LogP contribution in [0.3, 0.4) is 0 Å². The highest BCUT2D eigenvalue weighted by Gasteiger charge is 2.06. The SMILES string of the molecule is Cc1nocc1CSc1n[nH]c(/C=C/c2cccs2)n1. The first-order valence-electron chi connectivity index (χ1n) is 5.98.